The molecule has 0 bridgehead atoms. The molecule has 298 valence electrons. The Kier molecular flexibility index (Phi) is 20.9. The standard InChI is InChI=1S/C17H26F3O5P.C12H15FO2.C5H10F2O3P/c1-6-24-26(22,25-7-2)17(19,20)15(21)11-16(3,4)13-10-12(18)8-9-14(13)23-5;1-12(2,6-7-14)10-8-9(13)4-5-11(10)15-3;1-3-9-11(8,5(6)7)10-4-2/h8-10,15,21H,6-7,11H2,1-5H3;4-5,7-8H,6H2,1-3H3;3,5H,4H2,1-2H3/q;;+1. The van der Waals surface area contributed by atoms with Crippen LogP contribution in [0.25, 0.3) is 0 Å². The van der Waals surface area contributed by atoms with Crippen LogP contribution in [0, 0.1) is 18.2 Å². The summed E-state index contributed by atoms with van der Waals surface area (Å²) in [6.45, 7) is 12.8. The molecule has 2 unspecified atom stereocenters. The number of carbonyl (C=O) groups excluding carboxylic acids is 1. The smallest absolute Gasteiger partial charge is 0.437 e. The molecule has 0 saturated heterocycles. The average Bonchev–Trinajstić information content (AvgIpc) is 3.05. The van der Waals surface area contributed by atoms with Gasteiger partial charge in [-0.3, -0.25) is 4.57 Å². The number of aldehydes is 1. The normalized spacial score (nSPS) is 13.9. The molecule has 0 radical (unpaired) electrons. The van der Waals surface area contributed by atoms with Crippen LogP contribution in [0.1, 0.15) is 79.4 Å². The third-order valence-corrected chi connectivity index (χ3v) is 11.1. The molecule has 0 spiro atoms. The number of halogens is 6. The molecule has 10 nitrogen and oxygen atoms in total. The van der Waals surface area contributed by atoms with Gasteiger partial charge >= 0.3 is 27.0 Å². The number of hydrogen-bond acceptors (Lipinski definition) is 10. The molecule has 52 heavy (non-hydrogen) atoms. The zero-order valence-corrected chi connectivity index (χ0v) is 32.9. The van der Waals surface area contributed by atoms with Crippen LogP contribution in [0.2, 0.25) is 0 Å². The number of aliphatic hydroxyl groups excluding tert-OH is 1. The van der Waals surface area contributed by atoms with E-state index in [0.29, 0.717) is 23.5 Å². The molecular formula is C34H51F6O10P2+. The van der Waals surface area contributed by atoms with Gasteiger partial charge in [0.05, 0.1) is 34.0 Å². The summed E-state index contributed by atoms with van der Waals surface area (Å²) in [5, 5.41) is 10.2. The van der Waals surface area contributed by atoms with Gasteiger partial charge in [0, 0.05) is 23.0 Å². The fourth-order valence-corrected chi connectivity index (χ4v) is 7.12. The Morgan fingerprint density at radius 3 is 1.58 bits per heavy atom. The molecule has 2 aromatic carbocycles. The summed E-state index contributed by atoms with van der Waals surface area (Å²) in [5.41, 5.74) is -4.62. The lowest BCUT2D eigenvalue weighted by Crippen LogP contribution is -2.39. The van der Waals surface area contributed by atoms with Gasteiger partial charge in [-0.15, -0.1) is 4.52 Å². The zero-order valence-electron chi connectivity index (χ0n) is 31.1. The van der Waals surface area contributed by atoms with Gasteiger partial charge in [-0.2, -0.15) is 17.6 Å². The van der Waals surface area contributed by atoms with Crippen LogP contribution < -0.4 is 9.47 Å². The number of ether oxygens (including phenoxy) is 2. The Balaban J connectivity index is 0.000000841. The van der Waals surface area contributed by atoms with Crippen LogP contribution >= 0.6 is 15.2 Å². The summed E-state index contributed by atoms with van der Waals surface area (Å²) in [5.74, 6) is 0.0298. The minimum Gasteiger partial charge on any atom is -0.496 e. The number of alkyl halides is 4. The maximum Gasteiger partial charge on any atom is 0.437 e. The number of carbonyl (C=O) groups is 1. The molecule has 0 aliphatic heterocycles. The monoisotopic (exact) mass is 795 g/mol. The van der Waals surface area contributed by atoms with E-state index in [1.807, 2.05) is 13.8 Å². The molecule has 0 heterocycles. The molecule has 0 fully saturated rings. The van der Waals surface area contributed by atoms with Crippen LogP contribution in [-0.4, -0.2) is 63.4 Å². The van der Waals surface area contributed by atoms with Crippen molar-refractivity contribution in [3.63, 3.8) is 0 Å². The quantitative estimate of drug-likeness (QED) is 0.0635. The van der Waals surface area contributed by atoms with Gasteiger partial charge in [0.15, 0.2) is 0 Å². The van der Waals surface area contributed by atoms with E-state index in [2.05, 4.69) is 18.1 Å². The predicted molar refractivity (Wildman–Crippen MR) is 185 cm³/mol. The Morgan fingerprint density at radius 1 is 0.808 bits per heavy atom. The van der Waals surface area contributed by atoms with Crippen LogP contribution in [0.4, 0.5) is 26.3 Å². The van der Waals surface area contributed by atoms with E-state index in [4.69, 9.17) is 9.47 Å². The predicted octanol–water partition coefficient (Wildman–Crippen LogP) is 10.1. The molecule has 0 aliphatic rings. The second-order valence-electron chi connectivity index (χ2n) is 12.0. The Hall–Kier alpha value is -2.58. The summed E-state index contributed by atoms with van der Waals surface area (Å²) in [6.07, 6.45) is -4.77. The van der Waals surface area contributed by atoms with Gasteiger partial charge in [0.25, 0.3) is 0 Å². The highest BCUT2D eigenvalue weighted by Crippen LogP contribution is 2.64. The second kappa shape index (κ2) is 22.0. The maximum absolute atomic E-state index is 14.7. The topological polar surface area (TPSA) is 127 Å². The van der Waals surface area contributed by atoms with Gasteiger partial charge < -0.3 is 32.9 Å². The molecule has 2 atom stereocenters. The summed E-state index contributed by atoms with van der Waals surface area (Å²) in [6, 6.07) is 8.07. The van der Waals surface area contributed by atoms with Crippen LogP contribution in [-0.2, 0) is 42.8 Å². The van der Waals surface area contributed by atoms with E-state index < -0.39 is 56.2 Å². The lowest BCUT2D eigenvalue weighted by Gasteiger charge is -2.34. The first kappa shape index (κ1) is 49.4. The van der Waals surface area contributed by atoms with E-state index in [9.17, 15) is 45.4 Å². The molecule has 2 rings (SSSR count). The number of hydrogen-bond donors (Lipinski definition) is 1. The Morgan fingerprint density at radius 2 is 1.23 bits per heavy atom. The lowest BCUT2D eigenvalue weighted by molar-refractivity contribution is -0.108. The fraction of sp³-hybridized carbons (Fsp3) is 0.588. The van der Waals surface area contributed by atoms with Crippen LogP contribution in [0.15, 0.2) is 36.4 Å². The number of benzene rings is 2. The molecule has 0 saturated carbocycles. The Bertz CT molecular complexity index is 1460. The third kappa shape index (κ3) is 14.0. The van der Waals surface area contributed by atoms with Gasteiger partial charge in [-0.1, -0.05) is 27.7 Å². The highest BCUT2D eigenvalue weighted by atomic mass is 31.2. The number of methoxy groups -OCH3 is 2. The van der Waals surface area contributed by atoms with Crippen LogP contribution in [0.3, 0.4) is 0 Å². The minimum absolute atomic E-state index is 0.0601. The van der Waals surface area contributed by atoms with Crippen molar-refractivity contribution in [1.29, 1.82) is 0 Å². The second-order valence-corrected chi connectivity index (χ2v) is 16.1. The van der Waals surface area contributed by atoms with Crippen LogP contribution in [0.5, 0.6) is 11.5 Å². The van der Waals surface area contributed by atoms with Crippen molar-refractivity contribution in [1.82, 2.24) is 0 Å². The first-order chi connectivity index (χ1) is 24.0. The van der Waals surface area contributed by atoms with E-state index in [0.717, 1.165) is 24.5 Å². The molecule has 1 N–H and O–H groups in total. The van der Waals surface area contributed by atoms with Crippen molar-refractivity contribution in [2.45, 2.75) is 97.0 Å². The van der Waals surface area contributed by atoms with E-state index in [1.54, 1.807) is 19.9 Å². The summed E-state index contributed by atoms with van der Waals surface area (Å²) < 4.78 is 131. The maximum atomic E-state index is 14.7. The molecular weight excluding hydrogens is 744 g/mol. The van der Waals surface area contributed by atoms with Crippen molar-refractivity contribution < 1.29 is 72.9 Å². The van der Waals surface area contributed by atoms with E-state index in [-0.39, 0.29) is 25.6 Å². The SMILES string of the molecule is CCOP(=O)(OCC)C(F)(F)C(O)CC(C)(C)c1cc(F)ccc1OC.COc1ccc(F)cc1C(C)(C)CC=O.C[CH+]OP(=O)(OCC)C(F)F. The van der Waals surface area contributed by atoms with Gasteiger partial charge in [0.2, 0.25) is 6.61 Å². The summed E-state index contributed by atoms with van der Waals surface area (Å²) >= 11 is 0. The fourth-order valence-electron chi connectivity index (χ4n) is 4.64. The van der Waals surface area contributed by atoms with Crippen molar-refractivity contribution in [3.8, 4) is 11.5 Å². The summed E-state index contributed by atoms with van der Waals surface area (Å²) in [7, 11) is -6.15. The molecule has 0 aliphatic carbocycles. The third-order valence-electron chi connectivity index (χ3n) is 7.24. The number of aliphatic hydroxyl groups is 1. The first-order valence-electron chi connectivity index (χ1n) is 16.1. The van der Waals surface area contributed by atoms with Crippen molar-refractivity contribution in [2.24, 2.45) is 0 Å². The Labute approximate surface area is 302 Å². The molecule has 2 aromatic rings. The van der Waals surface area contributed by atoms with Gasteiger partial charge in [0.1, 0.15) is 42.4 Å². The lowest BCUT2D eigenvalue weighted by atomic mass is 9.79. The summed E-state index contributed by atoms with van der Waals surface area (Å²) in [4.78, 5) is 10.5. The first-order valence-corrected chi connectivity index (χ1v) is 19.2. The molecule has 0 aromatic heterocycles. The van der Waals surface area contributed by atoms with E-state index in [1.165, 1.54) is 66.2 Å². The number of rotatable bonds is 19. The van der Waals surface area contributed by atoms with Gasteiger partial charge in [-0.25, -0.2) is 13.3 Å². The minimum atomic E-state index is -4.87. The molecule has 0 amide bonds. The van der Waals surface area contributed by atoms with E-state index >= 15 is 0 Å². The zero-order chi connectivity index (χ0) is 40.6. The van der Waals surface area contributed by atoms with Crippen molar-refractivity contribution in [2.75, 3.05) is 34.0 Å². The largest absolute Gasteiger partial charge is 0.496 e. The highest BCUT2D eigenvalue weighted by Gasteiger charge is 2.59. The van der Waals surface area contributed by atoms with Crippen molar-refractivity contribution in [3.05, 3.63) is 65.8 Å². The highest BCUT2D eigenvalue weighted by molar-refractivity contribution is 7.55. The molecule has 18 heteroatoms. The average molecular weight is 796 g/mol. The van der Waals surface area contributed by atoms with Gasteiger partial charge in [-0.05, 0) is 69.0 Å². The van der Waals surface area contributed by atoms with Crippen molar-refractivity contribution >= 4 is 21.5 Å².